The van der Waals surface area contributed by atoms with Crippen LogP contribution in [-0.2, 0) is 9.59 Å². The number of amides is 1. The fraction of sp³-hybridized carbons (Fsp3) is 0.385. The second-order valence-electron chi connectivity index (χ2n) is 4.46. The first kappa shape index (κ1) is 15.9. The molecule has 0 fully saturated rings. The van der Waals surface area contributed by atoms with Crippen LogP contribution in [0.4, 0.5) is 5.69 Å². The number of nitrogens with zero attached hydrogens (tertiary/aromatic N) is 1. The molecule has 104 valence electrons. The third-order valence-electron chi connectivity index (χ3n) is 2.57. The van der Waals surface area contributed by atoms with E-state index in [0.717, 1.165) is 9.26 Å². The van der Waals surface area contributed by atoms with E-state index in [9.17, 15) is 9.59 Å². The maximum atomic E-state index is 11.8. The predicted molar refractivity (Wildman–Crippen MR) is 82.1 cm³/mol. The number of hydrogen-bond acceptors (Lipinski definition) is 3. The molecule has 0 radical (unpaired) electrons. The number of nitrogens with one attached hydrogen (secondary N) is 1. The van der Waals surface area contributed by atoms with E-state index in [1.807, 2.05) is 24.3 Å². The van der Waals surface area contributed by atoms with Crippen LogP contribution in [-0.4, -0.2) is 42.0 Å². The predicted octanol–water partition coefficient (Wildman–Crippen LogP) is 1.88. The van der Waals surface area contributed by atoms with Gasteiger partial charge in [-0.15, -0.1) is 0 Å². The minimum atomic E-state index is -0.857. The average molecular weight is 376 g/mol. The first-order valence-electron chi connectivity index (χ1n) is 5.86. The van der Waals surface area contributed by atoms with Crippen LogP contribution in [0.25, 0.3) is 0 Å². The Morgan fingerprint density at radius 1 is 1.42 bits per heavy atom. The van der Waals surface area contributed by atoms with Crippen molar-refractivity contribution in [3.05, 3.63) is 27.8 Å². The quantitative estimate of drug-likeness (QED) is 0.744. The summed E-state index contributed by atoms with van der Waals surface area (Å²) < 4.78 is 0.968. The number of likely N-dealkylation sites (N-methyl/N-ethyl adjacent to an activating group) is 1. The zero-order valence-corrected chi connectivity index (χ0v) is 13.0. The van der Waals surface area contributed by atoms with Gasteiger partial charge in [0.2, 0.25) is 5.91 Å². The molecule has 1 atom stereocenters. The zero-order valence-electron chi connectivity index (χ0n) is 10.9. The van der Waals surface area contributed by atoms with E-state index in [0.29, 0.717) is 6.54 Å². The average Bonchev–Trinajstić information content (AvgIpc) is 2.31. The lowest BCUT2D eigenvalue weighted by molar-refractivity contribution is -0.141. The number of halogens is 1. The number of para-hydroxylation sites is 1. The van der Waals surface area contributed by atoms with Gasteiger partial charge in [0.1, 0.15) is 0 Å². The molecule has 1 unspecified atom stereocenters. The number of aliphatic carboxylic acids is 1. The molecule has 2 N–H and O–H groups in total. The van der Waals surface area contributed by atoms with Crippen LogP contribution in [0.5, 0.6) is 0 Å². The highest BCUT2D eigenvalue weighted by atomic mass is 127. The van der Waals surface area contributed by atoms with Crippen LogP contribution in [0.15, 0.2) is 24.3 Å². The van der Waals surface area contributed by atoms with Crippen LogP contribution in [0.1, 0.15) is 6.92 Å². The van der Waals surface area contributed by atoms with Crippen molar-refractivity contribution in [2.45, 2.75) is 6.92 Å². The van der Waals surface area contributed by atoms with Crippen LogP contribution in [0.2, 0.25) is 0 Å². The van der Waals surface area contributed by atoms with Gasteiger partial charge in [-0.25, -0.2) is 0 Å². The molecular formula is C13H17IN2O3. The Hall–Kier alpha value is -1.15. The van der Waals surface area contributed by atoms with Gasteiger partial charge in [-0.3, -0.25) is 14.5 Å². The molecule has 0 saturated heterocycles. The Labute approximate surface area is 126 Å². The number of carboxylic acid groups (broad SMARTS) is 1. The van der Waals surface area contributed by atoms with Crippen molar-refractivity contribution < 1.29 is 14.7 Å². The van der Waals surface area contributed by atoms with E-state index < -0.39 is 11.9 Å². The lowest BCUT2D eigenvalue weighted by Crippen LogP contribution is -2.35. The van der Waals surface area contributed by atoms with Crippen LogP contribution >= 0.6 is 22.6 Å². The number of carbonyl (C=O) groups is 2. The standard InChI is InChI=1S/C13H17IN2O3/c1-9(13(18)19)7-16(2)8-12(17)15-11-6-4-3-5-10(11)14/h3-6,9H,7-8H2,1-2H3,(H,15,17)(H,18,19). The molecule has 6 heteroatoms. The highest BCUT2D eigenvalue weighted by Crippen LogP contribution is 2.16. The summed E-state index contributed by atoms with van der Waals surface area (Å²) in [6, 6.07) is 7.50. The van der Waals surface area contributed by atoms with E-state index in [-0.39, 0.29) is 12.5 Å². The van der Waals surface area contributed by atoms with Crippen molar-refractivity contribution in [2.75, 3.05) is 25.5 Å². The Kier molecular flexibility index (Phi) is 6.23. The molecule has 0 spiro atoms. The monoisotopic (exact) mass is 376 g/mol. The summed E-state index contributed by atoms with van der Waals surface area (Å²) in [6.07, 6.45) is 0. The zero-order chi connectivity index (χ0) is 14.4. The number of rotatable bonds is 6. The van der Waals surface area contributed by atoms with E-state index in [2.05, 4.69) is 27.9 Å². The molecule has 0 saturated carbocycles. The molecule has 0 aliphatic rings. The summed E-state index contributed by atoms with van der Waals surface area (Å²) in [5, 5.41) is 11.6. The van der Waals surface area contributed by atoms with Gasteiger partial charge in [-0.05, 0) is 41.8 Å². The van der Waals surface area contributed by atoms with Crippen molar-refractivity contribution in [3.63, 3.8) is 0 Å². The fourth-order valence-corrected chi connectivity index (χ4v) is 2.13. The molecule has 5 nitrogen and oxygen atoms in total. The largest absolute Gasteiger partial charge is 0.481 e. The summed E-state index contributed by atoms with van der Waals surface area (Å²) in [4.78, 5) is 24.2. The first-order chi connectivity index (χ1) is 8.90. The van der Waals surface area contributed by atoms with Crippen molar-refractivity contribution in [2.24, 2.45) is 5.92 Å². The summed E-state index contributed by atoms with van der Waals surface area (Å²) >= 11 is 2.15. The van der Waals surface area contributed by atoms with E-state index in [1.165, 1.54) is 0 Å². The molecule has 0 aliphatic carbocycles. The highest BCUT2D eigenvalue weighted by molar-refractivity contribution is 14.1. The number of benzene rings is 1. The molecule has 0 bridgehead atoms. The van der Waals surface area contributed by atoms with E-state index in [1.54, 1.807) is 18.9 Å². The smallest absolute Gasteiger partial charge is 0.307 e. The SMILES string of the molecule is CC(CN(C)CC(=O)Nc1ccccc1I)C(=O)O. The minimum Gasteiger partial charge on any atom is -0.481 e. The van der Waals surface area contributed by atoms with Gasteiger partial charge >= 0.3 is 5.97 Å². The van der Waals surface area contributed by atoms with E-state index in [4.69, 9.17) is 5.11 Å². The number of carbonyl (C=O) groups excluding carboxylic acids is 1. The minimum absolute atomic E-state index is 0.149. The lowest BCUT2D eigenvalue weighted by atomic mass is 10.2. The summed E-state index contributed by atoms with van der Waals surface area (Å²) in [5.74, 6) is -1.50. The van der Waals surface area contributed by atoms with Crippen molar-refractivity contribution in [1.82, 2.24) is 4.90 Å². The maximum Gasteiger partial charge on any atom is 0.307 e. The van der Waals surface area contributed by atoms with Gasteiger partial charge in [-0.1, -0.05) is 19.1 Å². The molecule has 0 aromatic heterocycles. The maximum absolute atomic E-state index is 11.8. The number of anilines is 1. The summed E-state index contributed by atoms with van der Waals surface area (Å²) in [5.41, 5.74) is 0.771. The van der Waals surface area contributed by atoms with Gasteiger partial charge in [0, 0.05) is 10.1 Å². The van der Waals surface area contributed by atoms with Crippen LogP contribution in [0.3, 0.4) is 0 Å². The molecule has 0 aliphatic heterocycles. The van der Waals surface area contributed by atoms with Crippen molar-refractivity contribution >= 4 is 40.2 Å². The Morgan fingerprint density at radius 2 is 2.05 bits per heavy atom. The van der Waals surface area contributed by atoms with Crippen LogP contribution < -0.4 is 5.32 Å². The number of carboxylic acids is 1. The Balaban J connectivity index is 2.47. The van der Waals surface area contributed by atoms with Gasteiger partial charge in [0.05, 0.1) is 18.2 Å². The Bertz CT molecular complexity index is 465. The first-order valence-corrected chi connectivity index (χ1v) is 6.93. The molecule has 1 rings (SSSR count). The normalized spacial score (nSPS) is 12.2. The molecule has 1 amide bonds. The molecule has 19 heavy (non-hydrogen) atoms. The molecular weight excluding hydrogens is 359 g/mol. The fourth-order valence-electron chi connectivity index (χ4n) is 1.61. The van der Waals surface area contributed by atoms with Crippen molar-refractivity contribution in [3.8, 4) is 0 Å². The molecule has 1 aromatic rings. The number of hydrogen-bond donors (Lipinski definition) is 2. The Morgan fingerprint density at radius 3 is 2.63 bits per heavy atom. The summed E-state index contributed by atoms with van der Waals surface area (Å²) in [7, 11) is 1.73. The van der Waals surface area contributed by atoms with Gasteiger partial charge in [0.25, 0.3) is 0 Å². The lowest BCUT2D eigenvalue weighted by Gasteiger charge is -2.18. The molecule has 0 heterocycles. The third-order valence-corrected chi connectivity index (χ3v) is 3.51. The highest BCUT2D eigenvalue weighted by Gasteiger charge is 2.15. The van der Waals surface area contributed by atoms with Gasteiger partial charge in [-0.2, -0.15) is 0 Å². The van der Waals surface area contributed by atoms with Crippen LogP contribution in [0, 0.1) is 9.49 Å². The van der Waals surface area contributed by atoms with Crippen molar-refractivity contribution in [1.29, 1.82) is 0 Å². The van der Waals surface area contributed by atoms with E-state index >= 15 is 0 Å². The molecule has 1 aromatic carbocycles. The van der Waals surface area contributed by atoms with Gasteiger partial charge < -0.3 is 10.4 Å². The second kappa shape index (κ2) is 7.44. The second-order valence-corrected chi connectivity index (χ2v) is 5.63. The topological polar surface area (TPSA) is 69.6 Å². The summed E-state index contributed by atoms with van der Waals surface area (Å²) in [6.45, 7) is 2.13. The third kappa shape index (κ3) is 5.56. The van der Waals surface area contributed by atoms with Gasteiger partial charge in [0.15, 0.2) is 0 Å².